The Balaban J connectivity index is 1.22. The van der Waals surface area contributed by atoms with Crippen LogP contribution in [0, 0.1) is 13.8 Å². The number of H-pyrrole nitrogens is 1. The zero-order valence-electron chi connectivity index (χ0n) is 21.8. The number of halogens is 2. The molecule has 2 saturated heterocycles. The lowest BCUT2D eigenvalue weighted by molar-refractivity contribution is -0.134. The van der Waals surface area contributed by atoms with Gasteiger partial charge in [-0.3, -0.25) is 14.8 Å². The van der Waals surface area contributed by atoms with Gasteiger partial charge in [0, 0.05) is 49.4 Å². The molecule has 2 aromatic heterocycles. The molecule has 9 nitrogen and oxygen atoms in total. The summed E-state index contributed by atoms with van der Waals surface area (Å²) < 4.78 is 5.39. The van der Waals surface area contributed by atoms with E-state index < -0.39 is 0 Å². The van der Waals surface area contributed by atoms with E-state index in [4.69, 9.17) is 27.9 Å². The van der Waals surface area contributed by atoms with Crippen molar-refractivity contribution < 1.29 is 9.53 Å². The minimum Gasteiger partial charge on any atom is -0.379 e. The number of benzene rings is 1. The van der Waals surface area contributed by atoms with Crippen LogP contribution in [0.1, 0.15) is 47.0 Å². The van der Waals surface area contributed by atoms with Gasteiger partial charge >= 0.3 is 0 Å². The third-order valence-electron chi connectivity index (χ3n) is 7.30. The van der Waals surface area contributed by atoms with Crippen molar-refractivity contribution in [3.8, 4) is 0 Å². The van der Waals surface area contributed by atoms with E-state index in [0.717, 1.165) is 66.4 Å². The largest absolute Gasteiger partial charge is 0.379 e. The molecule has 202 valence electrons. The number of morpholine rings is 1. The van der Waals surface area contributed by atoms with Gasteiger partial charge in [-0.15, -0.1) is 0 Å². The number of piperidine rings is 1. The van der Waals surface area contributed by atoms with Gasteiger partial charge in [-0.2, -0.15) is 5.10 Å². The average molecular weight is 559 g/mol. The Bertz CT molecular complexity index is 1280. The quantitative estimate of drug-likeness (QED) is 0.441. The summed E-state index contributed by atoms with van der Waals surface area (Å²) in [6.07, 6.45) is 3.96. The molecule has 0 radical (unpaired) electrons. The number of aromatic nitrogens is 4. The summed E-state index contributed by atoms with van der Waals surface area (Å²) in [7, 11) is 0. The lowest BCUT2D eigenvalue weighted by atomic mass is 9.87. The molecule has 1 aromatic carbocycles. The normalized spacial score (nSPS) is 17.1. The predicted octanol–water partition coefficient (Wildman–Crippen LogP) is 4.50. The van der Waals surface area contributed by atoms with Gasteiger partial charge < -0.3 is 15.0 Å². The maximum Gasteiger partial charge on any atom is 0.236 e. The molecule has 0 bridgehead atoms. The highest BCUT2D eigenvalue weighted by atomic mass is 35.5. The van der Waals surface area contributed by atoms with E-state index in [1.165, 1.54) is 0 Å². The third-order valence-corrected chi connectivity index (χ3v) is 7.90. The predicted molar refractivity (Wildman–Crippen MR) is 148 cm³/mol. The molecule has 0 aliphatic carbocycles. The summed E-state index contributed by atoms with van der Waals surface area (Å²) in [6.45, 7) is 9.08. The van der Waals surface area contributed by atoms with Crippen molar-refractivity contribution in [2.45, 2.75) is 39.0 Å². The minimum absolute atomic E-state index is 0.210. The summed E-state index contributed by atoms with van der Waals surface area (Å²) in [5.74, 6) is 2.35. The van der Waals surface area contributed by atoms with E-state index in [-0.39, 0.29) is 5.91 Å². The van der Waals surface area contributed by atoms with Gasteiger partial charge in [0.1, 0.15) is 10.8 Å². The van der Waals surface area contributed by atoms with Crippen LogP contribution >= 0.6 is 23.2 Å². The summed E-state index contributed by atoms with van der Waals surface area (Å²) in [5, 5.41) is 11.4. The van der Waals surface area contributed by atoms with Crippen molar-refractivity contribution >= 4 is 40.7 Å². The maximum atomic E-state index is 12.8. The number of hydrogen-bond donors (Lipinski definition) is 2. The highest BCUT2D eigenvalue weighted by Crippen LogP contribution is 2.35. The molecule has 3 aromatic rings. The second-order valence-electron chi connectivity index (χ2n) is 10.1. The van der Waals surface area contributed by atoms with Crippen molar-refractivity contribution in [2.24, 2.45) is 0 Å². The number of hydrogen-bond acceptors (Lipinski definition) is 7. The first-order chi connectivity index (χ1) is 18.4. The number of likely N-dealkylation sites (tertiary alicyclic amines) is 1. The molecule has 0 saturated carbocycles. The molecule has 0 unspecified atom stereocenters. The SMILES string of the molecule is Cc1cc(Nc2nc(Cc3cc(Cl)c(C4CCN(C(=O)CN5CCOCC5)CC4)cc3C)ncc2Cl)n[nH]1. The summed E-state index contributed by atoms with van der Waals surface area (Å²) >= 11 is 13.1. The number of ether oxygens (including phenoxy) is 1. The van der Waals surface area contributed by atoms with E-state index >= 15 is 0 Å². The Kier molecular flexibility index (Phi) is 8.48. The van der Waals surface area contributed by atoms with Crippen molar-refractivity contribution in [3.63, 3.8) is 0 Å². The second kappa shape index (κ2) is 12.0. The number of anilines is 2. The van der Waals surface area contributed by atoms with E-state index in [1.807, 2.05) is 24.0 Å². The molecule has 5 rings (SSSR count). The number of carbonyl (C=O) groups is 1. The topological polar surface area (TPSA) is 99.3 Å². The Hall–Kier alpha value is -2.72. The maximum absolute atomic E-state index is 12.8. The third kappa shape index (κ3) is 6.46. The van der Waals surface area contributed by atoms with Crippen LogP contribution in [0.3, 0.4) is 0 Å². The highest BCUT2D eigenvalue weighted by molar-refractivity contribution is 6.33. The van der Waals surface area contributed by atoms with Gasteiger partial charge in [0.25, 0.3) is 0 Å². The van der Waals surface area contributed by atoms with Crippen LogP contribution in [0.5, 0.6) is 0 Å². The fourth-order valence-corrected chi connectivity index (χ4v) is 5.57. The standard InChI is InChI=1S/C27H33Cl2N7O2/c1-17-11-21(19-3-5-36(6-4-19)26(37)16-35-7-9-38-10-8-35)22(28)13-20(17)14-24-30-15-23(29)27(31-24)32-25-12-18(2)33-34-25/h11-13,15,19H,3-10,14,16H2,1-2H3,(H2,30,31,32,33,34). The number of amides is 1. The highest BCUT2D eigenvalue weighted by Gasteiger charge is 2.27. The Morgan fingerprint density at radius 2 is 1.87 bits per heavy atom. The van der Waals surface area contributed by atoms with Crippen LogP contribution < -0.4 is 5.32 Å². The van der Waals surface area contributed by atoms with E-state index in [9.17, 15) is 4.79 Å². The van der Waals surface area contributed by atoms with Crippen LogP contribution in [0.4, 0.5) is 11.6 Å². The van der Waals surface area contributed by atoms with Crippen molar-refractivity contribution in [1.82, 2.24) is 30.0 Å². The van der Waals surface area contributed by atoms with Crippen molar-refractivity contribution in [2.75, 3.05) is 51.3 Å². The lowest BCUT2D eigenvalue weighted by Gasteiger charge is -2.35. The number of nitrogens with zero attached hydrogens (tertiary/aromatic N) is 5. The molecule has 2 aliphatic heterocycles. The number of aryl methyl sites for hydroxylation is 2. The molecule has 1 amide bonds. The average Bonchev–Trinajstić information content (AvgIpc) is 3.33. The molecule has 4 heterocycles. The number of aromatic amines is 1. The molecular weight excluding hydrogens is 525 g/mol. The van der Waals surface area contributed by atoms with Gasteiger partial charge in [0.05, 0.1) is 26.0 Å². The first kappa shape index (κ1) is 26.9. The van der Waals surface area contributed by atoms with Gasteiger partial charge in [-0.1, -0.05) is 29.3 Å². The van der Waals surface area contributed by atoms with E-state index in [2.05, 4.69) is 43.4 Å². The molecule has 2 fully saturated rings. The second-order valence-corrected chi connectivity index (χ2v) is 10.9. The molecule has 2 N–H and O–H groups in total. The number of nitrogens with one attached hydrogen (secondary N) is 2. The van der Waals surface area contributed by atoms with Crippen LogP contribution in [-0.4, -0.2) is 81.8 Å². The van der Waals surface area contributed by atoms with Gasteiger partial charge in [0.15, 0.2) is 11.6 Å². The first-order valence-electron chi connectivity index (χ1n) is 13.0. The molecule has 11 heteroatoms. The number of rotatable bonds is 7. The van der Waals surface area contributed by atoms with Crippen molar-refractivity contribution in [3.05, 3.63) is 62.6 Å². The van der Waals surface area contributed by atoms with Crippen LogP contribution in [0.15, 0.2) is 24.4 Å². The summed E-state index contributed by atoms with van der Waals surface area (Å²) in [6, 6.07) is 6.10. The zero-order chi connectivity index (χ0) is 26.6. The lowest BCUT2D eigenvalue weighted by Crippen LogP contribution is -2.46. The summed E-state index contributed by atoms with van der Waals surface area (Å²) in [4.78, 5) is 26.0. The number of carbonyl (C=O) groups excluding carboxylic acids is 1. The van der Waals surface area contributed by atoms with Crippen LogP contribution in [0.2, 0.25) is 10.0 Å². The summed E-state index contributed by atoms with van der Waals surface area (Å²) in [5.41, 5.74) is 4.31. The van der Waals surface area contributed by atoms with Crippen LogP contribution in [0.25, 0.3) is 0 Å². The Morgan fingerprint density at radius 1 is 1.11 bits per heavy atom. The fourth-order valence-electron chi connectivity index (χ4n) is 5.09. The fraction of sp³-hybridized carbons (Fsp3) is 0.481. The Labute approximate surface area is 232 Å². The van der Waals surface area contributed by atoms with E-state index in [1.54, 1.807) is 6.20 Å². The van der Waals surface area contributed by atoms with Crippen molar-refractivity contribution in [1.29, 1.82) is 0 Å². The van der Waals surface area contributed by atoms with Gasteiger partial charge in [0.2, 0.25) is 5.91 Å². The zero-order valence-corrected chi connectivity index (χ0v) is 23.3. The molecular formula is C27H33Cl2N7O2. The Morgan fingerprint density at radius 3 is 2.58 bits per heavy atom. The smallest absolute Gasteiger partial charge is 0.236 e. The molecule has 0 atom stereocenters. The molecule has 2 aliphatic rings. The molecule has 0 spiro atoms. The van der Waals surface area contributed by atoms with E-state index in [0.29, 0.717) is 54.6 Å². The van der Waals surface area contributed by atoms with Crippen LogP contribution in [-0.2, 0) is 16.0 Å². The minimum atomic E-state index is 0.210. The first-order valence-corrected chi connectivity index (χ1v) is 13.8. The van der Waals surface area contributed by atoms with Gasteiger partial charge in [-0.25, -0.2) is 9.97 Å². The monoisotopic (exact) mass is 557 g/mol. The van der Waals surface area contributed by atoms with Gasteiger partial charge in [-0.05, 0) is 55.4 Å². The molecule has 38 heavy (non-hydrogen) atoms.